The van der Waals surface area contributed by atoms with Gasteiger partial charge < -0.3 is 5.32 Å². The van der Waals surface area contributed by atoms with E-state index in [-0.39, 0.29) is 0 Å². The van der Waals surface area contributed by atoms with Crippen molar-refractivity contribution >= 4 is 0 Å². The lowest BCUT2D eigenvalue weighted by atomic mass is 9.94. The minimum absolute atomic E-state index is 0.579. The molecule has 0 aromatic heterocycles. The van der Waals surface area contributed by atoms with Crippen molar-refractivity contribution in [1.82, 2.24) is 10.2 Å². The summed E-state index contributed by atoms with van der Waals surface area (Å²) in [6.45, 7) is 11.5. The van der Waals surface area contributed by atoms with Crippen molar-refractivity contribution in [3.8, 4) is 0 Å². The van der Waals surface area contributed by atoms with Gasteiger partial charge in [0.15, 0.2) is 0 Å². The Kier molecular flexibility index (Phi) is 6.72. The highest BCUT2D eigenvalue weighted by molar-refractivity contribution is 5.22. The highest BCUT2D eigenvalue weighted by atomic mass is 15.1. The van der Waals surface area contributed by atoms with Crippen LogP contribution in [0, 0.1) is 5.92 Å². The molecule has 1 aliphatic rings. The zero-order chi connectivity index (χ0) is 15.1. The monoisotopic (exact) mass is 288 g/mol. The summed E-state index contributed by atoms with van der Waals surface area (Å²) in [7, 11) is 0. The van der Waals surface area contributed by atoms with Gasteiger partial charge in [0.25, 0.3) is 0 Å². The zero-order valence-corrected chi connectivity index (χ0v) is 14.1. The highest BCUT2D eigenvalue weighted by Gasteiger charge is 2.17. The van der Waals surface area contributed by atoms with E-state index in [1.54, 1.807) is 0 Å². The minimum Gasteiger partial charge on any atom is -0.314 e. The van der Waals surface area contributed by atoms with Gasteiger partial charge >= 0.3 is 0 Å². The summed E-state index contributed by atoms with van der Waals surface area (Å²) in [6, 6.07) is 9.81. The molecule has 1 aromatic carbocycles. The third-order valence-corrected chi connectivity index (χ3v) is 4.68. The SMILES string of the molecule is CCC1CCN(Cc2ccc(CCNC(C)C)cc2)CC1. The molecule has 1 saturated heterocycles. The van der Waals surface area contributed by atoms with E-state index in [2.05, 4.69) is 55.3 Å². The molecule has 0 radical (unpaired) electrons. The highest BCUT2D eigenvalue weighted by Crippen LogP contribution is 2.21. The van der Waals surface area contributed by atoms with Crippen LogP contribution in [0.4, 0.5) is 0 Å². The van der Waals surface area contributed by atoms with Crippen LogP contribution in [-0.2, 0) is 13.0 Å². The van der Waals surface area contributed by atoms with Crippen molar-refractivity contribution in [3.63, 3.8) is 0 Å². The van der Waals surface area contributed by atoms with Gasteiger partial charge in [-0.1, -0.05) is 51.5 Å². The molecule has 2 nitrogen and oxygen atoms in total. The van der Waals surface area contributed by atoms with E-state index in [0.717, 1.165) is 25.4 Å². The molecule has 1 N–H and O–H groups in total. The van der Waals surface area contributed by atoms with Crippen molar-refractivity contribution < 1.29 is 0 Å². The summed E-state index contributed by atoms with van der Waals surface area (Å²) in [6.07, 6.45) is 5.25. The van der Waals surface area contributed by atoms with Crippen LogP contribution >= 0.6 is 0 Å². The Bertz CT molecular complexity index is 389. The van der Waals surface area contributed by atoms with E-state index >= 15 is 0 Å². The molecule has 0 amide bonds. The van der Waals surface area contributed by atoms with Gasteiger partial charge in [-0.25, -0.2) is 0 Å². The summed E-state index contributed by atoms with van der Waals surface area (Å²) in [5, 5.41) is 3.48. The lowest BCUT2D eigenvalue weighted by Crippen LogP contribution is -2.32. The molecule has 1 fully saturated rings. The van der Waals surface area contributed by atoms with E-state index in [0.29, 0.717) is 6.04 Å². The van der Waals surface area contributed by atoms with Crippen molar-refractivity contribution in [1.29, 1.82) is 0 Å². The number of rotatable bonds is 7. The second kappa shape index (κ2) is 8.55. The first-order valence-electron chi connectivity index (χ1n) is 8.71. The van der Waals surface area contributed by atoms with E-state index in [4.69, 9.17) is 0 Å². The van der Waals surface area contributed by atoms with Crippen LogP contribution in [0.3, 0.4) is 0 Å². The summed E-state index contributed by atoms with van der Waals surface area (Å²) >= 11 is 0. The number of nitrogens with one attached hydrogen (secondary N) is 1. The van der Waals surface area contributed by atoms with Crippen LogP contribution < -0.4 is 5.32 Å². The van der Waals surface area contributed by atoms with E-state index in [1.807, 2.05) is 0 Å². The van der Waals surface area contributed by atoms with Gasteiger partial charge in [0, 0.05) is 12.6 Å². The number of hydrogen-bond donors (Lipinski definition) is 1. The molecule has 0 spiro atoms. The molecule has 2 heteroatoms. The topological polar surface area (TPSA) is 15.3 Å². The van der Waals surface area contributed by atoms with Crippen LogP contribution in [0.5, 0.6) is 0 Å². The Morgan fingerprint density at radius 3 is 2.29 bits per heavy atom. The van der Waals surface area contributed by atoms with Crippen molar-refractivity contribution in [2.24, 2.45) is 5.92 Å². The molecule has 0 unspecified atom stereocenters. The summed E-state index contributed by atoms with van der Waals surface area (Å²) < 4.78 is 0. The fourth-order valence-corrected chi connectivity index (χ4v) is 3.13. The van der Waals surface area contributed by atoms with Gasteiger partial charge in [-0.05, 0) is 55.9 Å². The molecule has 0 bridgehead atoms. The zero-order valence-electron chi connectivity index (χ0n) is 14.1. The van der Waals surface area contributed by atoms with Crippen LogP contribution in [-0.4, -0.2) is 30.6 Å². The van der Waals surface area contributed by atoms with Gasteiger partial charge in [0.05, 0.1) is 0 Å². The molecule has 1 heterocycles. The van der Waals surface area contributed by atoms with E-state index in [1.165, 1.54) is 43.5 Å². The Morgan fingerprint density at radius 2 is 1.71 bits per heavy atom. The number of hydrogen-bond acceptors (Lipinski definition) is 2. The second-order valence-electron chi connectivity index (χ2n) is 6.80. The molecule has 0 aliphatic carbocycles. The lowest BCUT2D eigenvalue weighted by molar-refractivity contribution is 0.175. The minimum atomic E-state index is 0.579. The number of benzene rings is 1. The third kappa shape index (κ3) is 5.80. The summed E-state index contributed by atoms with van der Waals surface area (Å²) in [5.74, 6) is 0.970. The summed E-state index contributed by atoms with van der Waals surface area (Å²) in [4.78, 5) is 2.61. The Hall–Kier alpha value is -0.860. The molecule has 0 saturated carbocycles. The Balaban J connectivity index is 1.74. The lowest BCUT2D eigenvalue weighted by Gasteiger charge is -2.31. The standard InChI is InChI=1S/C19H32N2/c1-4-17-10-13-21(14-11-17)15-19-7-5-18(6-8-19)9-12-20-16(2)3/h5-8,16-17,20H,4,9-15H2,1-3H3. The second-order valence-corrected chi connectivity index (χ2v) is 6.80. The van der Waals surface area contributed by atoms with Gasteiger partial charge in [-0.15, -0.1) is 0 Å². The first-order chi connectivity index (χ1) is 10.2. The molecule has 1 aliphatic heterocycles. The van der Waals surface area contributed by atoms with Crippen molar-refractivity contribution in [2.45, 2.75) is 59.0 Å². The van der Waals surface area contributed by atoms with Crippen LogP contribution in [0.2, 0.25) is 0 Å². The largest absolute Gasteiger partial charge is 0.314 e. The normalized spacial score (nSPS) is 17.5. The maximum atomic E-state index is 3.48. The van der Waals surface area contributed by atoms with Gasteiger partial charge in [0.1, 0.15) is 0 Å². The van der Waals surface area contributed by atoms with Gasteiger partial charge in [-0.2, -0.15) is 0 Å². The molecular weight excluding hydrogens is 256 g/mol. The van der Waals surface area contributed by atoms with Crippen LogP contribution in [0.1, 0.15) is 51.2 Å². The molecule has 21 heavy (non-hydrogen) atoms. The van der Waals surface area contributed by atoms with Crippen LogP contribution in [0.15, 0.2) is 24.3 Å². The molecular formula is C19H32N2. The molecule has 118 valence electrons. The van der Waals surface area contributed by atoms with Gasteiger partial charge in [0.2, 0.25) is 0 Å². The molecule has 1 aromatic rings. The molecule has 2 rings (SSSR count). The first-order valence-corrected chi connectivity index (χ1v) is 8.71. The predicted octanol–water partition coefficient (Wildman–Crippen LogP) is 3.85. The maximum absolute atomic E-state index is 3.48. The first kappa shape index (κ1) is 16.5. The van der Waals surface area contributed by atoms with E-state index in [9.17, 15) is 0 Å². The smallest absolute Gasteiger partial charge is 0.0233 e. The Morgan fingerprint density at radius 1 is 1.10 bits per heavy atom. The molecule has 0 atom stereocenters. The number of piperidine rings is 1. The third-order valence-electron chi connectivity index (χ3n) is 4.68. The van der Waals surface area contributed by atoms with Crippen molar-refractivity contribution in [2.75, 3.05) is 19.6 Å². The summed E-state index contributed by atoms with van der Waals surface area (Å²) in [5.41, 5.74) is 2.90. The quantitative estimate of drug-likeness (QED) is 0.820. The maximum Gasteiger partial charge on any atom is 0.0233 e. The average Bonchev–Trinajstić information content (AvgIpc) is 2.49. The van der Waals surface area contributed by atoms with Crippen molar-refractivity contribution in [3.05, 3.63) is 35.4 Å². The number of likely N-dealkylation sites (tertiary alicyclic amines) is 1. The fraction of sp³-hybridized carbons (Fsp3) is 0.684. The Labute approximate surface area is 130 Å². The fourth-order valence-electron chi connectivity index (χ4n) is 3.13. The number of nitrogens with zero attached hydrogens (tertiary/aromatic N) is 1. The average molecular weight is 288 g/mol. The van der Waals surface area contributed by atoms with Gasteiger partial charge in [-0.3, -0.25) is 4.90 Å². The van der Waals surface area contributed by atoms with E-state index < -0.39 is 0 Å². The van der Waals surface area contributed by atoms with Crippen LogP contribution in [0.25, 0.3) is 0 Å². The predicted molar refractivity (Wildman–Crippen MR) is 91.6 cm³/mol.